The maximum Gasteiger partial charge on any atom is 0.362 e. The summed E-state index contributed by atoms with van der Waals surface area (Å²) in [5, 5.41) is 0. The summed E-state index contributed by atoms with van der Waals surface area (Å²) in [7, 11) is 1.19. The van der Waals surface area contributed by atoms with Crippen molar-refractivity contribution in [2.75, 3.05) is 7.11 Å². The van der Waals surface area contributed by atoms with E-state index in [1.165, 1.54) is 7.11 Å². The molecular weight excluding hydrogens is 192 g/mol. The zero-order valence-electron chi connectivity index (χ0n) is 6.93. The third kappa shape index (κ3) is 2.96. The second-order valence-electron chi connectivity index (χ2n) is 2.11. The molecule has 0 radical (unpaired) electrons. The highest BCUT2D eigenvalue weighted by molar-refractivity contribution is 7.75. The van der Waals surface area contributed by atoms with Crippen LogP contribution in [0, 0.1) is 0 Å². The standard InChI is InChI=1S/C8H8O4S/c1-11-13(10)12-8(9)7-5-3-2-4-6-7/h2-6H,1H3. The number of hydrogen-bond acceptors (Lipinski definition) is 4. The predicted molar refractivity (Wildman–Crippen MR) is 47.0 cm³/mol. The Bertz CT molecular complexity index is 309. The highest BCUT2D eigenvalue weighted by atomic mass is 32.2. The van der Waals surface area contributed by atoms with E-state index in [-0.39, 0.29) is 0 Å². The Kier molecular flexibility index (Phi) is 3.60. The Morgan fingerprint density at radius 2 is 1.92 bits per heavy atom. The van der Waals surface area contributed by atoms with Gasteiger partial charge in [0.1, 0.15) is 0 Å². The van der Waals surface area contributed by atoms with Crippen molar-refractivity contribution in [1.29, 1.82) is 0 Å². The van der Waals surface area contributed by atoms with Crippen molar-refractivity contribution >= 4 is 17.3 Å². The van der Waals surface area contributed by atoms with Crippen LogP contribution in [0.2, 0.25) is 0 Å². The molecule has 5 heteroatoms. The Labute approximate surface area is 78.3 Å². The molecule has 0 spiro atoms. The van der Waals surface area contributed by atoms with Gasteiger partial charge in [-0.3, -0.25) is 4.18 Å². The second kappa shape index (κ2) is 4.74. The van der Waals surface area contributed by atoms with Gasteiger partial charge in [0.05, 0.1) is 12.7 Å². The van der Waals surface area contributed by atoms with Crippen LogP contribution < -0.4 is 0 Å². The lowest BCUT2D eigenvalue weighted by Gasteiger charge is -1.99. The van der Waals surface area contributed by atoms with Gasteiger partial charge < -0.3 is 4.18 Å². The predicted octanol–water partition coefficient (Wildman–Crippen LogP) is 1.07. The molecule has 4 nitrogen and oxygen atoms in total. The molecule has 0 saturated heterocycles. The van der Waals surface area contributed by atoms with Gasteiger partial charge in [-0.2, -0.15) is 4.21 Å². The molecule has 70 valence electrons. The van der Waals surface area contributed by atoms with Crippen molar-refractivity contribution < 1.29 is 17.4 Å². The number of rotatable bonds is 3. The molecule has 0 fully saturated rings. The highest BCUT2D eigenvalue weighted by Crippen LogP contribution is 2.02. The molecule has 1 atom stereocenters. The van der Waals surface area contributed by atoms with Crippen molar-refractivity contribution in [1.82, 2.24) is 0 Å². The number of benzene rings is 1. The molecular formula is C8H8O4S. The molecule has 0 heterocycles. The molecule has 0 aliphatic heterocycles. The van der Waals surface area contributed by atoms with Gasteiger partial charge in [-0.25, -0.2) is 4.79 Å². The van der Waals surface area contributed by atoms with Crippen molar-refractivity contribution in [3.8, 4) is 0 Å². The summed E-state index contributed by atoms with van der Waals surface area (Å²) in [4.78, 5) is 11.1. The van der Waals surface area contributed by atoms with E-state index in [4.69, 9.17) is 0 Å². The van der Waals surface area contributed by atoms with E-state index in [0.29, 0.717) is 5.56 Å². The van der Waals surface area contributed by atoms with Gasteiger partial charge >= 0.3 is 17.3 Å². The average molecular weight is 200 g/mol. The lowest BCUT2D eigenvalue weighted by atomic mass is 10.2. The molecule has 1 rings (SSSR count). The van der Waals surface area contributed by atoms with E-state index >= 15 is 0 Å². The lowest BCUT2D eigenvalue weighted by Crippen LogP contribution is -2.08. The molecule has 0 aliphatic carbocycles. The van der Waals surface area contributed by atoms with Gasteiger partial charge in [0.25, 0.3) is 0 Å². The smallest absolute Gasteiger partial charge is 0.339 e. The first kappa shape index (κ1) is 9.88. The molecule has 1 aromatic rings. The molecule has 1 unspecified atom stereocenters. The molecule has 0 aliphatic rings. The van der Waals surface area contributed by atoms with Crippen molar-refractivity contribution in [3.63, 3.8) is 0 Å². The third-order valence-corrected chi connectivity index (χ3v) is 1.85. The third-order valence-electron chi connectivity index (χ3n) is 1.29. The molecule has 0 aromatic heterocycles. The van der Waals surface area contributed by atoms with Crippen molar-refractivity contribution in [2.45, 2.75) is 0 Å². The van der Waals surface area contributed by atoms with E-state index in [1.807, 2.05) is 0 Å². The van der Waals surface area contributed by atoms with Crippen LogP contribution >= 0.6 is 0 Å². The Morgan fingerprint density at radius 1 is 1.31 bits per heavy atom. The first-order valence-electron chi connectivity index (χ1n) is 3.48. The first-order chi connectivity index (χ1) is 6.24. The van der Waals surface area contributed by atoms with Crippen molar-refractivity contribution in [2.24, 2.45) is 0 Å². The van der Waals surface area contributed by atoms with Crippen LogP contribution in [0.4, 0.5) is 0 Å². The topological polar surface area (TPSA) is 52.6 Å². The van der Waals surface area contributed by atoms with Crippen LogP contribution in [0.15, 0.2) is 30.3 Å². The normalized spacial score (nSPS) is 12.1. The summed E-state index contributed by atoms with van der Waals surface area (Å²) >= 11 is -2.01. The Balaban J connectivity index is 2.65. The van der Waals surface area contributed by atoms with Gasteiger partial charge in [0, 0.05) is 0 Å². The first-order valence-corrected chi connectivity index (χ1v) is 4.48. The molecule has 1 aromatic carbocycles. The number of hydrogen-bond donors (Lipinski definition) is 0. The van der Waals surface area contributed by atoms with E-state index < -0.39 is 17.3 Å². The van der Waals surface area contributed by atoms with Crippen LogP contribution in [0.3, 0.4) is 0 Å². The lowest BCUT2D eigenvalue weighted by molar-refractivity contribution is 0.0738. The zero-order valence-corrected chi connectivity index (χ0v) is 7.74. The van der Waals surface area contributed by atoms with Gasteiger partial charge in [0.2, 0.25) is 0 Å². The summed E-state index contributed by atoms with van der Waals surface area (Å²) in [5.74, 6) is -0.666. The van der Waals surface area contributed by atoms with Crippen LogP contribution in [-0.4, -0.2) is 17.3 Å². The van der Waals surface area contributed by atoms with E-state index in [1.54, 1.807) is 30.3 Å². The summed E-state index contributed by atoms with van der Waals surface area (Å²) in [6.07, 6.45) is 0. The maximum atomic E-state index is 11.1. The quantitative estimate of drug-likeness (QED) is 0.732. The summed E-state index contributed by atoms with van der Waals surface area (Å²) in [5.41, 5.74) is 0.341. The van der Waals surface area contributed by atoms with Crippen LogP contribution in [0.1, 0.15) is 10.4 Å². The zero-order chi connectivity index (χ0) is 9.68. The monoisotopic (exact) mass is 200 g/mol. The second-order valence-corrected chi connectivity index (χ2v) is 3.02. The molecule has 0 bridgehead atoms. The van der Waals surface area contributed by atoms with Gasteiger partial charge in [-0.1, -0.05) is 18.2 Å². The minimum Gasteiger partial charge on any atom is -0.339 e. The van der Waals surface area contributed by atoms with Gasteiger partial charge in [-0.05, 0) is 12.1 Å². The van der Waals surface area contributed by atoms with Gasteiger partial charge in [-0.15, -0.1) is 0 Å². The highest BCUT2D eigenvalue weighted by Gasteiger charge is 2.09. The Morgan fingerprint density at radius 3 is 2.46 bits per heavy atom. The fourth-order valence-corrected chi connectivity index (χ4v) is 1.01. The largest absolute Gasteiger partial charge is 0.362 e. The van der Waals surface area contributed by atoms with Gasteiger partial charge in [0.15, 0.2) is 0 Å². The SMILES string of the molecule is COS(=O)OC(=O)c1ccccc1. The minimum atomic E-state index is -2.01. The molecule has 0 saturated carbocycles. The minimum absolute atomic E-state index is 0.341. The maximum absolute atomic E-state index is 11.1. The molecule has 0 N–H and O–H groups in total. The summed E-state index contributed by atoms with van der Waals surface area (Å²) < 4.78 is 19.3. The fraction of sp³-hybridized carbons (Fsp3) is 0.125. The Hall–Kier alpha value is -1.20. The number of carbonyl (C=O) groups is 1. The van der Waals surface area contributed by atoms with Crippen LogP contribution in [0.5, 0.6) is 0 Å². The summed E-state index contributed by atoms with van der Waals surface area (Å²) in [6.45, 7) is 0. The number of carbonyl (C=O) groups excluding carboxylic acids is 1. The van der Waals surface area contributed by atoms with Crippen molar-refractivity contribution in [3.05, 3.63) is 35.9 Å². The van der Waals surface area contributed by atoms with Crippen LogP contribution in [0.25, 0.3) is 0 Å². The molecule has 0 amide bonds. The molecule has 13 heavy (non-hydrogen) atoms. The average Bonchev–Trinajstić information content (AvgIpc) is 2.19. The van der Waals surface area contributed by atoms with Crippen LogP contribution in [-0.2, 0) is 19.7 Å². The van der Waals surface area contributed by atoms with E-state index in [9.17, 15) is 9.00 Å². The summed E-state index contributed by atoms with van der Waals surface area (Å²) in [6, 6.07) is 8.27. The van der Waals surface area contributed by atoms with E-state index in [0.717, 1.165) is 0 Å². The fourth-order valence-electron chi connectivity index (χ4n) is 0.718. The van der Waals surface area contributed by atoms with E-state index in [2.05, 4.69) is 8.37 Å².